The van der Waals surface area contributed by atoms with Crippen molar-refractivity contribution in [2.24, 2.45) is 5.73 Å². The Hall–Kier alpha value is -0.930. The Bertz CT molecular complexity index is 462. The first-order chi connectivity index (χ1) is 7.22. The Labute approximate surface area is 94.1 Å². The molecule has 0 aliphatic heterocycles. The number of benzene rings is 1. The van der Waals surface area contributed by atoms with Crippen molar-refractivity contribution in [3.05, 3.63) is 28.8 Å². The second-order valence-corrected chi connectivity index (χ2v) is 5.11. The van der Waals surface area contributed by atoms with Crippen molar-refractivity contribution < 1.29 is 0 Å². The maximum atomic E-state index is 5.60. The second kappa shape index (κ2) is 4.29. The van der Waals surface area contributed by atoms with E-state index in [1.807, 2.05) is 0 Å². The summed E-state index contributed by atoms with van der Waals surface area (Å²) in [5.41, 5.74) is 8.12. The SMILES string of the molecule is Cc1nc2cccc(C(C)CCN)c2s1. The van der Waals surface area contributed by atoms with Crippen molar-refractivity contribution in [1.82, 2.24) is 4.98 Å². The highest BCUT2D eigenvalue weighted by atomic mass is 32.1. The molecule has 1 aromatic carbocycles. The second-order valence-electron chi connectivity index (χ2n) is 3.91. The molecule has 0 amide bonds. The molecule has 0 aliphatic rings. The van der Waals surface area contributed by atoms with Gasteiger partial charge in [0.1, 0.15) is 0 Å². The van der Waals surface area contributed by atoms with Crippen LogP contribution >= 0.6 is 11.3 Å². The summed E-state index contributed by atoms with van der Waals surface area (Å²) in [4.78, 5) is 4.50. The zero-order valence-electron chi connectivity index (χ0n) is 9.16. The molecule has 1 heterocycles. The van der Waals surface area contributed by atoms with Crippen LogP contribution in [-0.4, -0.2) is 11.5 Å². The van der Waals surface area contributed by atoms with Crippen molar-refractivity contribution >= 4 is 21.6 Å². The minimum Gasteiger partial charge on any atom is -0.330 e. The lowest BCUT2D eigenvalue weighted by Gasteiger charge is -2.10. The molecule has 2 rings (SSSR count). The van der Waals surface area contributed by atoms with E-state index in [1.54, 1.807) is 11.3 Å². The van der Waals surface area contributed by atoms with E-state index in [9.17, 15) is 0 Å². The Morgan fingerprint density at radius 2 is 2.27 bits per heavy atom. The molecule has 2 nitrogen and oxygen atoms in total. The molecule has 0 spiro atoms. The summed E-state index contributed by atoms with van der Waals surface area (Å²) < 4.78 is 1.33. The summed E-state index contributed by atoms with van der Waals surface area (Å²) >= 11 is 1.78. The van der Waals surface area contributed by atoms with Crippen molar-refractivity contribution in [3.8, 4) is 0 Å². The topological polar surface area (TPSA) is 38.9 Å². The van der Waals surface area contributed by atoms with Crippen LogP contribution in [0.3, 0.4) is 0 Å². The molecular weight excluding hydrogens is 204 g/mol. The lowest BCUT2D eigenvalue weighted by Crippen LogP contribution is -2.04. The van der Waals surface area contributed by atoms with Crippen LogP contribution in [0.1, 0.15) is 29.8 Å². The van der Waals surface area contributed by atoms with Crippen molar-refractivity contribution in [2.75, 3.05) is 6.54 Å². The van der Waals surface area contributed by atoms with E-state index in [2.05, 4.69) is 37.0 Å². The van der Waals surface area contributed by atoms with E-state index >= 15 is 0 Å². The third-order valence-electron chi connectivity index (χ3n) is 2.68. The number of nitrogens with two attached hydrogens (primary N) is 1. The molecule has 3 heteroatoms. The predicted octanol–water partition coefficient (Wildman–Crippen LogP) is 3.06. The minimum absolute atomic E-state index is 0.526. The zero-order chi connectivity index (χ0) is 10.8. The van der Waals surface area contributed by atoms with Crippen LogP contribution in [0, 0.1) is 6.92 Å². The van der Waals surface area contributed by atoms with Crippen LogP contribution in [0.15, 0.2) is 18.2 Å². The first-order valence-electron chi connectivity index (χ1n) is 5.28. The summed E-state index contributed by atoms with van der Waals surface area (Å²) in [6, 6.07) is 6.36. The van der Waals surface area contributed by atoms with Gasteiger partial charge in [-0.15, -0.1) is 11.3 Å². The largest absolute Gasteiger partial charge is 0.330 e. The molecule has 2 aromatic rings. The number of rotatable bonds is 3. The van der Waals surface area contributed by atoms with Gasteiger partial charge < -0.3 is 5.73 Å². The summed E-state index contributed by atoms with van der Waals surface area (Å²) in [6.45, 7) is 5.04. The van der Waals surface area contributed by atoms with Crippen molar-refractivity contribution in [2.45, 2.75) is 26.2 Å². The Morgan fingerprint density at radius 3 is 3.00 bits per heavy atom. The van der Waals surface area contributed by atoms with E-state index < -0.39 is 0 Å². The van der Waals surface area contributed by atoms with Gasteiger partial charge in [-0.25, -0.2) is 4.98 Å². The Kier molecular flexibility index (Phi) is 3.03. The van der Waals surface area contributed by atoms with Gasteiger partial charge in [0.25, 0.3) is 0 Å². The monoisotopic (exact) mass is 220 g/mol. The fourth-order valence-corrected chi connectivity index (χ4v) is 2.92. The standard InChI is InChI=1S/C12H16N2S/c1-8(6-7-13)10-4-3-5-11-12(10)15-9(2)14-11/h3-5,8H,6-7,13H2,1-2H3. The van der Waals surface area contributed by atoms with E-state index in [0.29, 0.717) is 5.92 Å². The zero-order valence-corrected chi connectivity index (χ0v) is 9.97. The first-order valence-corrected chi connectivity index (χ1v) is 6.10. The molecular formula is C12H16N2S. The van der Waals surface area contributed by atoms with E-state index in [-0.39, 0.29) is 0 Å². The van der Waals surface area contributed by atoms with Gasteiger partial charge in [0.15, 0.2) is 0 Å². The Balaban J connectivity index is 2.50. The molecule has 0 saturated heterocycles. The lowest BCUT2D eigenvalue weighted by molar-refractivity contribution is 0.695. The summed E-state index contributed by atoms with van der Waals surface area (Å²) in [7, 11) is 0. The Morgan fingerprint density at radius 1 is 1.47 bits per heavy atom. The van der Waals surface area contributed by atoms with Gasteiger partial charge in [-0.1, -0.05) is 19.1 Å². The fourth-order valence-electron chi connectivity index (χ4n) is 1.88. The average molecular weight is 220 g/mol. The van der Waals surface area contributed by atoms with Crippen LogP contribution in [0.5, 0.6) is 0 Å². The summed E-state index contributed by atoms with van der Waals surface area (Å²) in [6.07, 6.45) is 1.04. The van der Waals surface area contributed by atoms with Crippen LogP contribution in [0.2, 0.25) is 0 Å². The molecule has 1 unspecified atom stereocenters. The lowest BCUT2D eigenvalue weighted by atomic mass is 9.98. The van der Waals surface area contributed by atoms with Gasteiger partial charge in [0, 0.05) is 0 Å². The van der Waals surface area contributed by atoms with Crippen LogP contribution in [0.25, 0.3) is 10.2 Å². The smallest absolute Gasteiger partial charge is 0.0907 e. The molecule has 0 radical (unpaired) electrons. The van der Waals surface area contributed by atoms with Crippen LogP contribution in [-0.2, 0) is 0 Å². The molecule has 1 atom stereocenters. The number of hydrogen-bond acceptors (Lipinski definition) is 3. The van der Waals surface area contributed by atoms with Crippen molar-refractivity contribution in [3.63, 3.8) is 0 Å². The van der Waals surface area contributed by atoms with E-state index in [4.69, 9.17) is 5.73 Å². The average Bonchev–Trinajstić information content (AvgIpc) is 2.57. The molecule has 80 valence electrons. The van der Waals surface area contributed by atoms with Gasteiger partial charge in [0.2, 0.25) is 0 Å². The number of thiazole rings is 1. The molecule has 0 bridgehead atoms. The van der Waals surface area contributed by atoms with Crippen LogP contribution < -0.4 is 5.73 Å². The molecule has 2 N–H and O–H groups in total. The molecule has 1 aromatic heterocycles. The maximum absolute atomic E-state index is 5.60. The quantitative estimate of drug-likeness (QED) is 0.863. The summed E-state index contributed by atoms with van der Waals surface area (Å²) in [5.74, 6) is 0.526. The molecule has 0 aliphatic carbocycles. The molecule has 0 fully saturated rings. The number of aryl methyl sites for hydroxylation is 1. The van der Waals surface area contributed by atoms with Gasteiger partial charge in [-0.05, 0) is 37.4 Å². The predicted molar refractivity (Wildman–Crippen MR) is 66.4 cm³/mol. The highest BCUT2D eigenvalue weighted by Gasteiger charge is 2.11. The van der Waals surface area contributed by atoms with Crippen molar-refractivity contribution in [1.29, 1.82) is 0 Å². The maximum Gasteiger partial charge on any atom is 0.0907 e. The first kappa shape index (κ1) is 10.6. The van der Waals surface area contributed by atoms with Gasteiger partial charge >= 0.3 is 0 Å². The number of aromatic nitrogens is 1. The third-order valence-corrected chi connectivity index (χ3v) is 3.72. The van der Waals surface area contributed by atoms with E-state index in [0.717, 1.165) is 23.5 Å². The van der Waals surface area contributed by atoms with Gasteiger partial charge in [-0.2, -0.15) is 0 Å². The van der Waals surface area contributed by atoms with Gasteiger partial charge in [0.05, 0.1) is 15.2 Å². The summed E-state index contributed by atoms with van der Waals surface area (Å²) in [5, 5.41) is 1.14. The highest BCUT2D eigenvalue weighted by molar-refractivity contribution is 7.18. The fraction of sp³-hybridized carbons (Fsp3) is 0.417. The highest BCUT2D eigenvalue weighted by Crippen LogP contribution is 2.31. The van der Waals surface area contributed by atoms with Crippen LogP contribution in [0.4, 0.5) is 0 Å². The number of nitrogens with zero attached hydrogens (tertiary/aromatic N) is 1. The molecule has 0 saturated carbocycles. The molecule has 15 heavy (non-hydrogen) atoms. The van der Waals surface area contributed by atoms with E-state index in [1.165, 1.54) is 10.3 Å². The third kappa shape index (κ3) is 2.03. The number of hydrogen-bond donors (Lipinski definition) is 1. The minimum atomic E-state index is 0.526. The van der Waals surface area contributed by atoms with Gasteiger partial charge in [-0.3, -0.25) is 0 Å². The number of fused-ring (bicyclic) bond motifs is 1. The normalized spacial score (nSPS) is 13.3.